The second-order valence-electron chi connectivity index (χ2n) is 7.42. The van der Waals surface area contributed by atoms with E-state index in [4.69, 9.17) is 15.2 Å². The topological polar surface area (TPSA) is 125 Å². The number of nitrogens with two attached hydrogens (primary N) is 1. The molecular weight excluding hydrogens is 476 g/mol. The summed E-state index contributed by atoms with van der Waals surface area (Å²) in [6.45, 7) is 2.88. The van der Waals surface area contributed by atoms with E-state index < -0.39 is 15.9 Å². The van der Waals surface area contributed by atoms with Gasteiger partial charge in [-0.2, -0.15) is 4.99 Å². The van der Waals surface area contributed by atoms with Gasteiger partial charge in [0.2, 0.25) is 10.0 Å². The normalized spacial score (nSPS) is 12.1. The van der Waals surface area contributed by atoms with Crippen LogP contribution in [0.25, 0.3) is 0 Å². The molecule has 1 amide bonds. The molecule has 3 N–H and O–H groups in total. The molecule has 11 heteroatoms. The average Bonchev–Trinajstić information content (AvgIpc) is 3.22. The monoisotopic (exact) mass is 504 g/mol. The molecule has 0 atom stereocenters. The summed E-state index contributed by atoms with van der Waals surface area (Å²) in [6.07, 6.45) is 0.641. The smallest absolute Gasteiger partial charge is 0.283 e. The highest BCUT2D eigenvalue weighted by Crippen LogP contribution is 2.25. The number of rotatable bonds is 10. The molecular formula is C23H28N4O5S2. The number of nitrogens with one attached hydrogen (secondary N) is 1. The highest BCUT2D eigenvalue weighted by atomic mass is 32.2. The van der Waals surface area contributed by atoms with Crippen molar-refractivity contribution in [2.45, 2.75) is 31.3 Å². The standard InChI is InChI=1S/C23H28N4O5S2/c1-16-5-8-19(9-6-16)34(29,30)25-14-17-15-33-23(27(17)12-4-11-24)26-22(28)20-10-7-18(31-2)13-21(20)32-3/h5-10,13,15,25H,4,11-12,14,24H2,1-3H3. The maximum Gasteiger partial charge on any atom is 0.283 e. The summed E-state index contributed by atoms with van der Waals surface area (Å²) in [5.74, 6) is 0.435. The molecule has 0 aliphatic carbocycles. The minimum Gasteiger partial charge on any atom is -0.497 e. The summed E-state index contributed by atoms with van der Waals surface area (Å²) < 4.78 is 40.3. The third-order valence-electron chi connectivity index (χ3n) is 5.07. The first-order chi connectivity index (χ1) is 16.3. The van der Waals surface area contributed by atoms with E-state index in [1.165, 1.54) is 25.6 Å². The number of ether oxygens (including phenoxy) is 2. The van der Waals surface area contributed by atoms with E-state index in [2.05, 4.69) is 9.71 Å². The van der Waals surface area contributed by atoms with E-state index >= 15 is 0 Å². The Morgan fingerprint density at radius 2 is 1.88 bits per heavy atom. The van der Waals surface area contributed by atoms with E-state index in [1.54, 1.807) is 47.8 Å². The fourth-order valence-electron chi connectivity index (χ4n) is 3.18. The molecule has 0 spiro atoms. The number of aryl methyl sites for hydroxylation is 1. The lowest BCUT2D eigenvalue weighted by Gasteiger charge is -2.11. The quantitative estimate of drug-likeness (QED) is 0.437. The molecule has 0 bridgehead atoms. The van der Waals surface area contributed by atoms with Crippen LogP contribution in [0.2, 0.25) is 0 Å². The van der Waals surface area contributed by atoms with Crippen LogP contribution in [-0.4, -0.2) is 39.7 Å². The van der Waals surface area contributed by atoms with Gasteiger partial charge in [-0.05, 0) is 44.2 Å². The van der Waals surface area contributed by atoms with Crippen LogP contribution < -0.4 is 24.7 Å². The largest absolute Gasteiger partial charge is 0.497 e. The molecule has 0 radical (unpaired) electrons. The number of thiazole rings is 1. The van der Waals surface area contributed by atoms with Gasteiger partial charge in [-0.25, -0.2) is 13.1 Å². The SMILES string of the molecule is COc1ccc(C(=O)N=c2scc(CNS(=O)(=O)c3ccc(C)cc3)n2CCCN)c(OC)c1. The average molecular weight is 505 g/mol. The maximum atomic E-state index is 12.9. The Morgan fingerprint density at radius 3 is 2.53 bits per heavy atom. The molecule has 0 aliphatic heterocycles. The third-order valence-corrected chi connectivity index (χ3v) is 7.40. The van der Waals surface area contributed by atoms with Gasteiger partial charge in [-0.15, -0.1) is 11.3 Å². The number of hydrogen-bond donors (Lipinski definition) is 2. The number of nitrogens with zero attached hydrogens (tertiary/aromatic N) is 2. The Morgan fingerprint density at radius 1 is 1.15 bits per heavy atom. The maximum absolute atomic E-state index is 12.9. The Hall–Kier alpha value is -2.99. The van der Waals surface area contributed by atoms with Crippen LogP contribution in [0.4, 0.5) is 0 Å². The summed E-state index contributed by atoms with van der Waals surface area (Å²) in [5, 5.41) is 1.78. The second-order valence-corrected chi connectivity index (χ2v) is 10.0. The number of carbonyl (C=O) groups excluding carboxylic acids is 1. The van der Waals surface area contributed by atoms with Crippen LogP contribution in [0.3, 0.4) is 0 Å². The molecule has 182 valence electrons. The van der Waals surface area contributed by atoms with Crippen molar-refractivity contribution in [3.05, 3.63) is 69.5 Å². The lowest BCUT2D eigenvalue weighted by molar-refractivity contribution is 0.0994. The van der Waals surface area contributed by atoms with Gasteiger partial charge in [0.05, 0.1) is 31.2 Å². The number of sulfonamides is 1. The molecule has 0 saturated heterocycles. The molecule has 1 heterocycles. The van der Waals surface area contributed by atoms with Crippen molar-refractivity contribution in [1.29, 1.82) is 0 Å². The molecule has 34 heavy (non-hydrogen) atoms. The Kier molecular flexibility index (Phi) is 8.61. The van der Waals surface area contributed by atoms with Gasteiger partial charge >= 0.3 is 0 Å². The van der Waals surface area contributed by atoms with Crippen molar-refractivity contribution < 1.29 is 22.7 Å². The van der Waals surface area contributed by atoms with Gasteiger partial charge in [0.1, 0.15) is 11.5 Å². The summed E-state index contributed by atoms with van der Waals surface area (Å²) in [6, 6.07) is 11.5. The van der Waals surface area contributed by atoms with E-state index in [0.29, 0.717) is 47.1 Å². The summed E-state index contributed by atoms with van der Waals surface area (Å²) >= 11 is 1.25. The highest BCUT2D eigenvalue weighted by molar-refractivity contribution is 7.89. The van der Waals surface area contributed by atoms with E-state index in [1.807, 2.05) is 11.5 Å². The molecule has 2 aromatic carbocycles. The number of methoxy groups -OCH3 is 2. The van der Waals surface area contributed by atoms with Crippen LogP contribution in [0.1, 0.15) is 28.0 Å². The molecule has 0 fully saturated rings. The highest BCUT2D eigenvalue weighted by Gasteiger charge is 2.17. The molecule has 0 aliphatic rings. The Labute approximate surface area is 202 Å². The lowest BCUT2D eigenvalue weighted by atomic mass is 10.2. The lowest BCUT2D eigenvalue weighted by Crippen LogP contribution is -2.27. The number of aromatic nitrogens is 1. The molecule has 0 unspecified atom stereocenters. The first kappa shape index (κ1) is 25.6. The molecule has 0 saturated carbocycles. The number of hydrogen-bond acceptors (Lipinski definition) is 7. The molecule has 3 rings (SSSR count). The van der Waals surface area contributed by atoms with Crippen molar-refractivity contribution in [2.24, 2.45) is 10.7 Å². The van der Waals surface area contributed by atoms with Gasteiger partial charge in [0.15, 0.2) is 4.80 Å². The van der Waals surface area contributed by atoms with Crippen molar-refractivity contribution >= 4 is 27.3 Å². The summed E-state index contributed by atoms with van der Waals surface area (Å²) in [4.78, 5) is 17.8. The fraction of sp³-hybridized carbons (Fsp3) is 0.304. The zero-order valence-corrected chi connectivity index (χ0v) is 20.9. The molecule has 3 aromatic rings. The van der Waals surface area contributed by atoms with Crippen LogP contribution >= 0.6 is 11.3 Å². The van der Waals surface area contributed by atoms with Gasteiger partial charge in [0, 0.05) is 23.7 Å². The van der Waals surface area contributed by atoms with Crippen LogP contribution in [0.15, 0.2) is 57.7 Å². The van der Waals surface area contributed by atoms with Gasteiger partial charge < -0.3 is 19.8 Å². The van der Waals surface area contributed by atoms with Gasteiger partial charge in [-0.3, -0.25) is 4.79 Å². The van der Waals surface area contributed by atoms with Gasteiger partial charge in [0.25, 0.3) is 5.91 Å². The zero-order valence-electron chi connectivity index (χ0n) is 19.3. The molecule has 9 nitrogen and oxygen atoms in total. The van der Waals surface area contributed by atoms with Crippen LogP contribution in [-0.2, 0) is 23.1 Å². The van der Waals surface area contributed by atoms with Crippen LogP contribution in [0, 0.1) is 6.92 Å². The van der Waals surface area contributed by atoms with E-state index in [-0.39, 0.29) is 11.4 Å². The number of amides is 1. The van der Waals surface area contributed by atoms with E-state index in [0.717, 1.165) is 5.56 Å². The van der Waals surface area contributed by atoms with Crippen molar-refractivity contribution in [1.82, 2.24) is 9.29 Å². The first-order valence-electron chi connectivity index (χ1n) is 10.5. The minimum absolute atomic E-state index is 0.0485. The number of carbonyl (C=O) groups is 1. The third kappa shape index (κ3) is 6.11. The fourth-order valence-corrected chi connectivity index (χ4v) is 5.10. The van der Waals surface area contributed by atoms with Crippen LogP contribution in [0.5, 0.6) is 11.5 Å². The Balaban J connectivity index is 1.90. The van der Waals surface area contributed by atoms with Crippen molar-refractivity contribution in [3.8, 4) is 11.5 Å². The predicted molar refractivity (Wildman–Crippen MR) is 131 cm³/mol. The number of benzene rings is 2. The minimum atomic E-state index is -3.69. The Bertz CT molecular complexity index is 1310. The predicted octanol–water partition coefficient (Wildman–Crippen LogP) is 2.44. The zero-order chi connectivity index (χ0) is 24.7. The first-order valence-corrected chi connectivity index (χ1v) is 12.9. The second kappa shape index (κ2) is 11.4. The molecule has 1 aromatic heterocycles. The van der Waals surface area contributed by atoms with E-state index in [9.17, 15) is 13.2 Å². The van der Waals surface area contributed by atoms with Gasteiger partial charge in [-0.1, -0.05) is 17.7 Å². The summed E-state index contributed by atoms with van der Waals surface area (Å²) in [5.41, 5.74) is 7.64. The van der Waals surface area contributed by atoms with Crippen molar-refractivity contribution in [2.75, 3.05) is 20.8 Å². The van der Waals surface area contributed by atoms with Crippen molar-refractivity contribution in [3.63, 3.8) is 0 Å². The summed E-state index contributed by atoms with van der Waals surface area (Å²) in [7, 11) is -0.697.